The molecule has 27 heavy (non-hydrogen) atoms. The smallest absolute Gasteiger partial charge is 0.251 e. The number of rotatable bonds is 6. The van der Waals surface area contributed by atoms with Gasteiger partial charge < -0.3 is 14.6 Å². The second-order valence-electron chi connectivity index (χ2n) is 5.82. The Morgan fingerprint density at radius 2 is 2.11 bits per heavy atom. The SMILES string of the molecule is CCNc1nc(S(=O)(=O)Cc2ccc(OC)c(C#N)c2)nc2c1ncn2C. The molecule has 0 unspecified atom stereocenters. The molecule has 3 aromatic rings. The molecule has 0 radical (unpaired) electrons. The van der Waals surface area contributed by atoms with Gasteiger partial charge in [-0.1, -0.05) is 6.07 Å². The van der Waals surface area contributed by atoms with E-state index in [4.69, 9.17) is 4.74 Å². The maximum Gasteiger partial charge on any atom is 0.251 e. The summed E-state index contributed by atoms with van der Waals surface area (Å²) >= 11 is 0. The van der Waals surface area contributed by atoms with E-state index in [-0.39, 0.29) is 16.5 Å². The largest absolute Gasteiger partial charge is 0.495 e. The van der Waals surface area contributed by atoms with Gasteiger partial charge in [-0.25, -0.2) is 13.4 Å². The predicted molar refractivity (Wildman–Crippen MR) is 99.1 cm³/mol. The van der Waals surface area contributed by atoms with Crippen LogP contribution in [0.3, 0.4) is 0 Å². The lowest BCUT2D eigenvalue weighted by Crippen LogP contribution is -2.13. The van der Waals surface area contributed by atoms with Gasteiger partial charge in [-0.15, -0.1) is 0 Å². The fourth-order valence-electron chi connectivity index (χ4n) is 2.63. The molecule has 0 bridgehead atoms. The molecule has 0 spiro atoms. The summed E-state index contributed by atoms with van der Waals surface area (Å²) in [6, 6.07) is 6.65. The Morgan fingerprint density at radius 1 is 1.33 bits per heavy atom. The van der Waals surface area contributed by atoms with Gasteiger partial charge in [0.1, 0.15) is 11.8 Å². The number of hydrogen-bond acceptors (Lipinski definition) is 8. The zero-order chi connectivity index (χ0) is 19.6. The number of aryl methyl sites for hydroxylation is 1. The number of imidazole rings is 1. The van der Waals surface area contributed by atoms with Gasteiger partial charge in [0.25, 0.3) is 5.16 Å². The molecule has 10 heteroatoms. The summed E-state index contributed by atoms with van der Waals surface area (Å²) in [5, 5.41) is 11.9. The van der Waals surface area contributed by atoms with Crippen molar-refractivity contribution in [1.29, 1.82) is 5.26 Å². The average molecular weight is 386 g/mol. The molecule has 2 aromatic heterocycles. The van der Waals surface area contributed by atoms with E-state index in [1.165, 1.54) is 13.2 Å². The third kappa shape index (κ3) is 3.54. The van der Waals surface area contributed by atoms with Crippen LogP contribution in [0.1, 0.15) is 18.1 Å². The van der Waals surface area contributed by atoms with E-state index < -0.39 is 9.84 Å². The van der Waals surface area contributed by atoms with Gasteiger partial charge >= 0.3 is 0 Å². The summed E-state index contributed by atoms with van der Waals surface area (Å²) < 4.78 is 32.5. The van der Waals surface area contributed by atoms with Crippen LogP contribution in [-0.2, 0) is 22.6 Å². The topological polar surface area (TPSA) is 123 Å². The Balaban J connectivity index is 2.05. The molecule has 0 aliphatic rings. The number of nitrogens with one attached hydrogen (secondary N) is 1. The predicted octanol–water partition coefficient (Wildman–Crippen LogP) is 1.65. The maximum atomic E-state index is 12.9. The number of nitrogens with zero attached hydrogens (tertiary/aromatic N) is 5. The number of aromatic nitrogens is 4. The standard InChI is InChI=1S/C17H18N6O3S/c1-4-19-15-14-16(23(2)10-20-14)22-17(21-15)27(24,25)9-11-5-6-13(26-3)12(7-11)8-18/h5-7,10H,4,9H2,1-3H3,(H,19,21,22). The van der Waals surface area contributed by atoms with Gasteiger partial charge in [0, 0.05) is 13.6 Å². The molecule has 0 fully saturated rings. The van der Waals surface area contributed by atoms with Crippen LogP contribution in [0.2, 0.25) is 0 Å². The van der Waals surface area contributed by atoms with Crippen LogP contribution >= 0.6 is 0 Å². The molecule has 0 atom stereocenters. The molecule has 140 valence electrons. The zero-order valence-corrected chi connectivity index (χ0v) is 15.9. The van der Waals surface area contributed by atoms with E-state index in [9.17, 15) is 13.7 Å². The summed E-state index contributed by atoms with van der Waals surface area (Å²) in [4.78, 5) is 12.6. The molecule has 0 saturated carbocycles. The molecular weight excluding hydrogens is 368 g/mol. The lowest BCUT2D eigenvalue weighted by atomic mass is 10.1. The van der Waals surface area contributed by atoms with Crippen LogP contribution in [0.4, 0.5) is 5.82 Å². The molecule has 1 N–H and O–H groups in total. The van der Waals surface area contributed by atoms with E-state index in [1.807, 2.05) is 13.0 Å². The number of fused-ring (bicyclic) bond motifs is 1. The van der Waals surface area contributed by atoms with Crippen molar-refractivity contribution in [2.75, 3.05) is 19.0 Å². The Labute approximate surface area is 156 Å². The third-order valence-electron chi connectivity index (χ3n) is 3.90. The third-order valence-corrected chi connectivity index (χ3v) is 5.35. The lowest BCUT2D eigenvalue weighted by Gasteiger charge is -2.09. The number of nitriles is 1. The van der Waals surface area contributed by atoms with Crippen molar-refractivity contribution in [2.24, 2.45) is 7.05 Å². The Morgan fingerprint density at radius 3 is 2.78 bits per heavy atom. The molecule has 0 aliphatic carbocycles. The van der Waals surface area contributed by atoms with Crippen molar-refractivity contribution in [3.63, 3.8) is 0 Å². The van der Waals surface area contributed by atoms with Gasteiger partial charge in [-0.2, -0.15) is 15.2 Å². The van der Waals surface area contributed by atoms with E-state index in [0.717, 1.165) is 0 Å². The summed E-state index contributed by atoms with van der Waals surface area (Å²) in [6.45, 7) is 2.44. The van der Waals surface area contributed by atoms with E-state index in [0.29, 0.717) is 34.8 Å². The fourth-order valence-corrected chi connectivity index (χ4v) is 3.84. The van der Waals surface area contributed by atoms with Gasteiger partial charge in [0.15, 0.2) is 17.0 Å². The van der Waals surface area contributed by atoms with Crippen molar-refractivity contribution in [2.45, 2.75) is 17.8 Å². The van der Waals surface area contributed by atoms with Crippen molar-refractivity contribution < 1.29 is 13.2 Å². The molecule has 0 amide bonds. The summed E-state index contributed by atoms with van der Waals surface area (Å²) in [6.07, 6.45) is 1.55. The highest BCUT2D eigenvalue weighted by Gasteiger charge is 2.23. The number of methoxy groups -OCH3 is 1. The van der Waals surface area contributed by atoms with E-state index in [2.05, 4.69) is 20.3 Å². The minimum absolute atomic E-state index is 0.265. The summed E-state index contributed by atoms with van der Waals surface area (Å²) in [7, 11) is -0.655. The highest BCUT2D eigenvalue weighted by atomic mass is 32.2. The van der Waals surface area contributed by atoms with E-state index >= 15 is 0 Å². The lowest BCUT2D eigenvalue weighted by molar-refractivity contribution is 0.413. The van der Waals surface area contributed by atoms with Crippen LogP contribution in [0, 0.1) is 11.3 Å². The fraction of sp³-hybridized carbons (Fsp3) is 0.294. The number of hydrogen-bond donors (Lipinski definition) is 1. The minimum atomic E-state index is -3.84. The normalized spacial score (nSPS) is 11.3. The molecule has 1 aromatic carbocycles. The molecule has 0 aliphatic heterocycles. The Hall–Kier alpha value is -3.19. The molecule has 3 rings (SSSR count). The average Bonchev–Trinajstić information content (AvgIpc) is 3.03. The molecular formula is C17H18N6O3S. The van der Waals surface area contributed by atoms with Crippen LogP contribution in [-0.4, -0.2) is 41.6 Å². The van der Waals surface area contributed by atoms with Gasteiger partial charge in [-0.3, -0.25) is 0 Å². The zero-order valence-electron chi connectivity index (χ0n) is 15.1. The second kappa shape index (κ2) is 7.20. The Kier molecular flexibility index (Phi) is 4.96. The first-order valence-corrected chi connectivity index (χ1v) is 9.77. The highest BCUT2D eigenvalue weighted by Crippen LogP contribution is 2.24. The van der Waals surface area contributed by atoms with Crippen molar-refractivity contribution in [3.8, 4) is 11.8 Å². The molecule has 2 heterocycles. The quantitative estimate of drug-likeness (QED) is 0.634. The van der Waals surface area contributed by atoms with Crippen molar-refractivity contribution in [1.82, 2.24) is 19.5 Å². The van der Waals surface area contributed by atoms with Gasteiger partial charge in [-0.05, 0) is 24.6 Å². The summed E-state index contributed by atoms with van der Waals surface area (Å²) in [5.74, 6) is 0.426. The molecule has 0 saturated heterocycles. The van der Waals surface area contributed by atoms with Crippen LogP contribution in [0.5, 0.6) is 5.75 Å². The maximum absolute atomic E-state index is 12.9. The molecule has 9 nitrogen and oxygen atoms in total. The first-order valence-electron chi connectivity index (χ1n) is 8.12. The Bertz CT molecular complexity index is 1150. The van der Waals surface area contributed by atoms with Crippen LogP contribution in [0.15, 0.2) is 29.7 Å². The summed E-state index contributed by atoms with van der Waals surface area (Å²) in [5.41, 5.74) is 1.65. The van der Waals surface area contributed by atoms with Crippen LogP contribution < -0.4 is 10.1 Å². The first-order chi connectivity index (χ1) is 12.9. The number of sulfone groups is 1. The number of ether oxygens (including phenoxy) is 1. The van der Waals surface area contributed by atoms with Gasteiger partial charge in [0.05, 0.1) is 24.8 Å². The van der Waals surface area contributed by atoms with Gasteiger partial charge in [0.2, 0.25) is 9.84 Å². The van der Waals surface area contributed by atoms with Crippen molar-refractivity contribution in [3.05, 3.63) is 35.7 Å². The highest BCUT2D eigenvalue weighted by molar-refractivity contribution is 7.90. The number of benzene rings is 1. The van der Waals surface area contributed by atoms with Crippen molar-refractivity contribution >= 4 is 26.8 Å². The number of anilines is 1. The van der Waals surface area contributed by atoms with Crippen LogP contribution in [0.25, 0.3) is 11.2 Å². The van der Waals surface area contributed by atoms with E-state index in [1.54, 1.807) is 30.1 Å². The first kappa shape index (κ1) is 18.6. The minimum Gasteiger partial charge on any atom is -0.495 e. The monoisotopic (exact) mass is 386 g/mol. The second-order valence-corrected chi connectivity index (χ2v) is 7.70.